The van der Waals surface area contributed by atoms with Gasteiger partial charge in [-0.1, -0.05) is 84.5 Å². The van der Waals surface area contributed by atoms with E-state index in [4.69, 9.17) is 55.9 Å². The van der Waals surface area contributed by atoms with Gasteiger partial charge in [-0.15, -0.1) is 0 Å². The third kappa shape index (κ3) is 12.3. The van der Waals surface area contributed by atoms with Crippen molar-refractivity contribution < 1.29 is 35.9 Å². The van der Waals surface area contributed by atoms with Gasteiger partial charge in [-0.2, -0.15) is 0 Å². The SMILES string of the molecule is CNC(=O)[C@@H](C)Cn1cnc2ccc(-c3cnc(OC)c(NS(=O)(=O)c4c(Cl)cccc4Cl)c3)cc2c1=O.CNC(=O)[C@H](C)Cn1cnc2ccc(-c3cnc(OC)c(NS(=O)(=O)c4c(Cl)cccc4Cl)c3)cc2c1=O. The van der Waals surface area contributed by atoms with E-state index in [0.29, 0.717) is 44.1 Å². The molecular weight excluding hydrogens is 1110 g/mol. The molecule has 2 amide bonds. The highest BCUT2D eigenvalue weighted by atomic mass is 35.5. The maximum atomic E-state index is 13.2. The van der Waals surface area contributed by atoms with Gasteiger partial charge in [0.1, 0.15) is 21.2 Å². The number of nitrogens with one attached hydrogen (secondary N) is 4. The quantitative estimate of drug-likeness (QED) is 0.0717. The van der Waals surface area contributed by atoms with Crippen molar-refractivity contribution in [3.05, 3.63) is 151 Å². The molecule has 0 aliphatic heterocycles. The van der Waals surface area contributed by atoms with E-state index in [1.54, 1.807) is 50.2 Å². The highest BCUT2D eigenvalue weighted by molar-refractivity contribution is 7.93. The van der Waals surface area contributed by atoms with E-state index >= 15 is 0 Å². The van der Waals surface area contributed by atoms with Gasteiger partial charge in [-0.25, -0.2) is 36.8 Å². The normalized spacial score (nSPS) is 12.2. The molecule has 8 aromatic rings. The van der Waals surface area contributed by atoms with Gasteiger partial charge in [0, 0.05) is 50.7 Å². The van der Waals surface area contributed by atoms with E-state index in [1.165, 1.54) is 111 Å². The number of nitrogens with zero attached hydrogens (tertiary/aromatic N) is 6. The Balaban J connectivity index is 0.000000221. The van der Waals surface area contributed by atoms with Gasteiger partial charge in [-0.05, 0) is 71.8 Å². The molecule has 0 spiro atoms. The molecule has 0 unspecified atom stereocenters. The molecular formula is C50H46Cl4N10O10S2. The second-order valence-corrected chi connectivity index (χ2v) is 21.6. The van der Waals surface area contributed by atoms with Crippen LogP contribution in [0.4, 0.5) is 11.4 Å². The van der Waals surface area contributed by atoms with Crippen molar-refractivity contribution in [1.82, 2.24) is 39.7 Å². The molecule has 0 saturated carbocycles. The largest absolute Gasteiger partial charge is 0.480 e. The second kappa shape index (κ2) is 23.7. The first-order valence-corrected chi connectivity index (χ1v) is 27.0. The zero-order valence-electron chi connectivity index (χ0n) is 41.1. The number of halogens is 4. The predicted molar refractivity (Wildman–Crippen MR) is 293 cm³/mol. The monoisotopic (exact) mass is 1150 g/mol. The number of ether oxygens (including phenoxy) is 2. The molecule has 4 aromatic carbocycles. The van der Waals surface area contributed by atoms with Gasteiger partial charge in [0.2, 0.25) is 23.6 Å². The molecule has 26 heteroatoms. The zero-order chi connectivity index (χ0) is 55.2. The van der Waals surface area contributed by atoms with E-state index in [-0.39, 0.29) is 89.0 Å². The van der Waals surface area contributed by atoms with E-state index in [0.717, 1.165) is 0 Å². The lowest BCUT2D eigenvalue weighted by atomic mass is 10.0. The molecule has 396 valence electrons. The summed E-state index contributed by atoms with van der Waals surface area (Å²) < 4.78 is 70.7. The molecule has 0 radical (unpaired) electrons. The summed E-state index contributed by atoms with van der Waals surface area (Å²) in [4.78, 5) is 66.7. The smallest absolute Gasteiger partial charge is 0.265 e. The molecule has 4 aromatic heterocycles. The van der Waals surface area contributed by atoms with Crippen molar-refractivity contribution in [3.63, 3.8) is 0 Å². The van der Waals surface area contributed by atoms with Crippen LogP contribution in [0.1, 0.15) is 13.8 Å². The van der Waals surface area contributed by atoms with Crippen LogP contribution < -0.4 is 40.7 Å². The Morgan fingerprint density at radius 3 is 1.24 bits per heavy atom. The van der Waals surface area contributed by atoms with Gasteiger partial charge in [0.15, 0.2) is 0 Å². The first kappa shape index (κ1) is 56.4. The summed E-state index contributed by atoms with van der Waals surface area (Å²) in [6, 6.07) is 21.9. The summed E-state index contributed by atoms with van der Waals surface area (Å²) in [6.07, 6.45) is 5.79. The van der Waals surface area contributed by atoms with E-state index < -0.39 is 31.9 Å². The number of rotatable bonds is 16. The Labute approximate surface area is 455 Å². The number of fused-ring (bicyclic) bond motifs is 2. The Morgan fingerprint density at radius 2 is 0.908 bits per heavy atom. The number of sulfonamides is 2. The summed E-state index contributed by atoms with van der Waals surface area (Å²) in [6.45, 7) is 3.75. The topological polar surface area (TPSA) is 265 Å². The van der Waals surface area contributed by atoms with Crippen molar-refractivity contribution in [2.24, 2.45) is 11.8 Å². The minimum atomic E-state index is -4.20. The molecule has 0 saturated heterocycles. The van der Waals surface area contributed by atoms with E-state index in [2.05, 4.69) is 40.0 Å². The number of aromatic nitrogens is 6. The molecule has 8 rings (SSSR count). The van der Waals surface area contributed by atoms with Gasteiger partial charge in [0.25, 0.3) is 31.2 Å². The summed E-state index contributed by atoms with van der Waals surface area (Å²) in [7, 11) is -2.63. The highest BCUT2D eigenvalue weighted by Crippen LogP contribution is 2.37. The molecule has 0 bridgehead atoms. The number of carbonyl (C=O) groups is 2. The molecule has 0 aliphatic rings. The Morgan fingerprint density at radius 1 is 0.553 bits per heavy atom. The highest BCUT2D eigenvalue weighted by Gasteiger charge is 2.26. The van der Waals surface area contributed by atoms with Crippen molar-refractivity contribution in [3.8, 4) is 34.0 Å². The van der Waals surface area contributed by atoms with Gasteiger partial charge in [-0.3, -0.25) is 37.8 Å². The summed E-state index contributed by atoms with van der Waals surface area (Å²) in [5.41, 5.74) is 2.57. The van der Waals surface area contributed by atoms with Crippen molar-refractivity contribution in [2.45, 2.75) is 36.7 Å². The van der Waals surface area contributed by atoms with Gasteiger partial charge >= 0.3 is 0 Å². The van der Waals surface area contributed by atoms with Crippen LogP contribution >= 0.6 is 46.4 Å². The minimum Gasteiger partial charge on any atom is -0.480 e. The van der Waals surface area contributed by atoms with Gasteiger partial charge in [0.05, 0.1) is 80.6 Å². The molecule has 20 nitrogen and oxygen atoms in total. The predicted octanol–water partition coefficient (Wildman–Crippen LogP) is 7.91. The third-order valence-electron chi connectivity index (χ3n) is 11.6. The fraction of sp³-hybridized carbons (Fsp3) is 0.200. The second-order valence-electron chi connectivity index (χ2n) is 16.8. The molecule has 76 heavy (non-hydrogen) atoms. The Hall–Kier alpha value is -7.34. The number of benzene rings is 4. The maximum Gasteiger partial charge on any atom is 0.265 e. The number of hydrogen-bond acceptors (Lipinski definition) is 14. The Bertz CT molecular complexity index is 3630. The van der Waals surface area contributed by atoms with E-state index in [1.807, 2.05) is 0 Å². The average Bonchev–Trinajstić information content (AvgIpc) is 3.39. The molecule has 2 atom stereocenters. The maximum absolute atomic E-state index is 13.2. The molecule has 4 heterocycles. The fourth-order valence-electron chi connectivity index (χ4n) is 7.75. The number of hydrogen-bond donors (Lipinski definition) is 4. The van der Waals surface area contributed by atoms with Crippen molar-refractivity contribution >= 4 is 111 Å². The third-order valence-corrected chi connectivity index (χ3v) is 16.2. The first-order valence-electron chi connectivity index (χ1n) is 22.5. The number of pyridine rings is 2. The summed E-state index contributed by atoms with van der Waals surface area (Å²) >= 11 is 24.4. The first-order chi connectivity index (χ1) is 36.1. The van der Waals surface area contributed by atoms with Crippen LogP contribution in [0.25, 0.3) is 44.1 Å². The van der Waals surface area contributed by atoms with Gasteiger partial charge < -0.3 is 20.1 Å². The van der Waals surface area contributed by atoms with Crippen LogP contribution in [-0.4, -0.2) is 86.0 Å². The lowest BCUT2D eigenvalue weighted by Gasteiger charge is -2.15. The molecule has 4 N–H and O–H groups in total. The standard InChI is InChI=1S/2C25H23Cl2N5O5S/c2*1-14(23(33)28-2)12-32-13-30-20-8-7-15(9-17(20)25(32)34)16-10-21(24(37-3)29-11-16)31-38(35,36)22-18(26)5-4-6-19(22)27/h2*4-11,13-14,31H,12H2,1-3H3,(H,28,33)/t2*14-/m10/s1. The fourth-order valence-corrected chi connectivity index (χ4v) is 12.1. The Kier molecular flexibility index (Phi) is 17.6. The minimum absolute atomic E-state index is 0.0218. The van der Waals surface area contributed by atoms with E-state index in [9.17, 15) is 36.0 Å². The summed E-state index contributed by atoms with van der Waals surface area (Å²) in [5, 5.41) is 5.61. The van der Waals surface area contributed by atoms with Crippen molar-refractivity contribution in [1.29, 1.82) is 0 Å². The number of amides is 2. The van der Waals surface area contributed by atoms with Crippen LogP contribution in [0.15, 0.2) is 129 Å². The molecule has 0 aliphatic carbocycles. The number of carbonyl (C=O) groups excluding carboxylic acids is 2. The lowest BCUT2D eigenvalue weighted by molar-refractivity contribution is -0.125. The molecule has 0 fully saturated rings. The number of anilines is 2. The number of methoxy groups -OCH3 is 2. The van der Waals surface area contributed by atoms with Crippen LogP contribution in [0.3, 0.4) is 0 Å². The van der Waals surface area contributed by atoms with Crippen LogP contribution in [-0.2, 0) is 42.7 Å². The van der Waals surface area contributed by atoms with Crippen molar-refractivity contribution in [2.75, 3.05) is 37.8 Å². The lowest BCUT2D eigenvalue weighted by Crippen LogP contribution is -2.32. The average molecular weight is 1150 g/mol. The van der Waals surface area contributed by atoms with Crippen LogP contribution in [0.5, 0.6) is 11.8 Å². The van der Waals surface area contributed by atoms with Crippen LogP contribution in [0, 0.1) is 11.8 Å². The van der Waals surface area contributed by atoms with Crippen LogP contribution in [0.2, 0.25) is 20.1 Å². The zero-order valence-corrected chi connectivity index (χ0v) is 45.7. The summed E-state index contributed by atoms with van der Waals surface area (Å²) in [5.74, 6) is -1.21.